The number of hydrogen-bond acceptors (Lipinski definition) is 3. The number of carbonyl (C=O) groups excluding carboxylic acids is 2. The third-order valence-corrected chi connectivity index (χ3v) is 2.72. The lowest BCUT2D eigenvalue weighted by atomic mass is 9.98. The van der Waals surface area contributed by atoms with Crippen molar-refractivity contribution >= 4 is 40.4 Å². The quantitative estimate of drug-likeness (QED) is 0.387. The lowest BCUT2D eigenvalue weighted by Gasteiger charge is -2.20. The van der Waals surface area contributed by atoms with Gasteiger partial charge in [-0.25, -0.2) is 4.79 Å². The van der Waals surface area contributed by atoms with Crippen LogP contribution < -0.4 is 0 Å². The molecule has 0 aromatic rings. The van der Waals surface area contributed by atoms with E-state index in [0.29, 0.717) is 5.71 Å². The minimum absolute atomic E-state index is 0.466. The largest absolute Gasteiger partial charge is 0.441 e. The maximum Gasteiger partial charge on any atom is 0.441 e. The van der Waals surface area contributed by atoms with Crippen LogP contribution in [0.5, 0.6) is 0 Å². The predicted octanol–water partition coefficient (Wildman–Crippen LogP) is 1.61. The molecule has 0 fully saturated rings. The molecular weight excluding hydrogens is 285 g/mol. The number of amides is 1. The third kappa shape index (κ3) is 1.43. The maximum atomic E-state index is 11.2. The van der Waals surface area contributed by atoms with Gasteiger partial charge in [-0.15, -0.1) is 0 Å². The van der Waals surface area contributed by atoms with Crippen LogP contribution in [0.3, 0.4) is 0 Å². The average molecular weight is 289 g/mol. The van der Waals surface area contributed by atoms with Crippen molar-refractivity contribution in [3.63, 3.8) is 0 Å². The molecule has 0 saturated heterocycles. The van der Waals surface area contributed by atoms with E-state index in [9.17, 15) is 9.59 Å². The molecule has 0 N–H and O–H groups in total. The first-order valence-corrected chi connectivity index (χ1v) is 4.64. The molecule has 0 aromatic carbocycles. The first-order valence-electron chi connectivity index (χ1n) is 3.56. The summed E-state index contributed by atoms with van der Waals surface area (Å²) in [6.07, 6.45) is 4.36. The SMILES string of the molecule is O=C1N=C2C=CC=C(I)C2C(=O)O1. The molecule has 1 atom stereocenters. The molecule has 0 spiro atoms. The molecule has 13 heavy (non-hydrogen) atoms. The Bertz CT molecular complexity index is 381. The van der Waals surface area contributed by atoms with Gasteiger partial charge in [-0.2, -0.15) is 4.99 Å². The minimum atomic E-state index is -0.827. The molecule has 0 saturated carbocycles. The molecule has 0 bridgehead atoms. The van der Waals surface area contributed by atoms with Gasteiger partial charge in [-0.05, 0) is 28.7 Å². The molecule has 2 aliphatic rings. The summed E-state index contributed by atoms with van der Waals surface area (Å²) in [5.74, 6) is -1.04. The molecule has 1 aliphatic heterocycles. The lowest BCUT2D eigenvalue weighted by molar-refractivity contribution is -0.138. The second-order valence-electron chi connectivity index (χ2n) is 2.57. The number of allylic oxidation sites excluding steroid dienone is 3. The van der Waals surface area contributed by atoms with Crippen LogP contribution in [0.2, 0.25) is 0 Å². The van der Waals surface area contributed by atoms with Crippen molar-refractivity contribution in [2.45, 2.75) is 0 Å². The number of aliphatic imine (C=N–C) groups is 1. The number of hydrogen-bond donors (Lipinski definition) is 0. The van der Waals surface area contributed by atoms with E-state index in [1.54, 1.807) is 18.2 Å². The van der Waals surface area contributed by atoms with Gasteiger partial charge in [0.15, 0.2) is 0 Å². The molecule has 5 heteroatoms. The Morgan fingerprint density at radius 1 is 1.46 bits per heavy atom. The molecule has 1 heterocycles. The Labute approximate surface area is 87.5 Å². The zero-order valence-corrected chi connectivity index (χ0v) is 8.52. The van der Waals surface area contributed by atoms with E-state index in [2.05, 4.69) is 9.73 Å². The van der Waals surface area contributed by atoms with E-state index in [4.69, 9.17) is 0 Å². The van der Waals surface area contributed by atoms with Crippen LogP contribution in [0.4, 0.5) is 4.79 Å². The summed E-state index contributed by atoms with van der Waals surface area (Å²) in [4.78, 5) is 25.6. The van der Waals surface area contributed by atoms with Crippen molar-refractivity contribution in [1.29, 1.82) is 0 Å². The second kappa shape index (κ2) is 3.06. The highest BCUT2D eigenvalue weighted by molar-refractivity contribution is 14.1. The zero-order chi connectivity index (χ0) is 9.42. The summed E-state index contributed by atoms with van der Waals surface area (Å²) in [6, 6.07) is 0. The summed E-state index contributed by atoms with van der Waals surface area (Å²) in [5.41, 5.74) is 0.466. The summed E-state index contributed by atoms with van der Waals surface area (Å²) in [7, 11) is 0. The van der Waals surface area contributed by atoms with Gasteiger partial charge in [0.2, 0.25) is 0 Å². The van der Waals surface area contributed by atoms with Crippen LogP contribution in [0.1, 0.15) is 0 Å². The normalized spacial score (nSPS) is 26.1. The van der Waals surface area contributed by atoms with Gasteiger partial charge in [0.25, 0.3) is 0 Å². The molecule has 0 aromatic heterocycles. The van der Waals surface area contributed by atoms with Gasteiger partial charge >= 0.3 is 12.1 Å². The summed E-state index contributed by atoms with van der Waals surface area (Å²) >= 11 is 2.03. The molecule has 1 aliphatic carbocycles. The van der Waals surface area contributed by atoms with Gasteiger partial charge in [-0.1, -0.05) is 12.2 Å². The Kier molecular flexibility index (Phi) is 2.03. The van der Waals surface area contributed by atoms with Crippen molar-refractivity contribution in [3.05, 3.63) is 21.8 Å². The van der Waals surface area contributed by atoms with Gasteiger partial charge < -0.3 is 4.74 Å². The van der Waals surface area contributed by atoms with Crippen LogP contribution in [0, 0.1) is 5.92 Å². The fraction of sp³-hybridized carbons (Fsp3) is 0.125. The number of cyclic esters (lactones) is 2. The highest BCUT2D eigenvalue weighted by Crippen LogP contribution is 2.28. The topological polar surface area (TPSA) is 55.7 Å². The smallest absolute Gasteiger partial charge is 0.374 e. The summed E-state index contributed by atoms with van der Waals surface area (Å²) in [6.45, 7) is 0. The fourth-order valence-electron chi connectivity index (χ4n) is 1.18. The highest BCUT2D eigenvalue weighted by atomic mass is 127. The average Bonchev–Trinajstić information content (AvgIpc) is 2.02. The molecule has 1 unspecified atom stereocenters. The predicted molar refractivity (Wildman–Crippen MR) is 53.7 cm³/mol. The molecule has 66 valence electrons. The number of halogens is 1. The van der Waals surface area contributed by atoms with Gasteiger partial charge in [0.05, 0.1) is 5.71 Å². The fourth-order valence-corrected chi connectivity index (χ4v) is 1.96. The van der Waals surface area contributed by atoms with Crippen LogP contribution in [0.25, 0.3) is 0 Å². The van der Waals surface area contributed by atoms with Crippen LogP contribution >= 0.6 is 22.6 Å². The number of ether oxygens (including phenoxy) is 1. The van der Waals surface area contributed by atoms with Crippen molar-refractivity contribution in [2.24, 2.45) is 10.9 Å². The van der Waals surface area contributed by atoms with E-state index >= 15 is 0 Å². The minimum Gasteiger partial charge on any atom is -0.374 e. The second-order valence-corrected chi connectivity index (χ2v) is 3.81. The Morgan fingerprint density at radius 3 is 3.00 bits per heavy atom. The van der Waals surface area contributed by atoms with Crippen molar-refractivity contribution in [2.75, 3.05) is 0 Å². The van der Waals surface area contributed by atoms with Crippen molar-refractivity contribution < 1.29 is 14.3 Å². The summed E-state index contributed by atoms with van der Waals surface area (Å²) in [5, 5.41) is 0. The number of nitrogens with zero attached hydrogens (tertiary/aromatic N) is 1. The van der Waals surface area contributed by atoms with Crippen molar-refractivity contribution in [3.8, 4) is 0 Å². The highest BCUT2D eigenvalue weighted by Gasteiger charge is 2.34. The number of rotatable bonds is 0. The number of esters is 1. The standard InChI is InChI=1S/C8H4INO3/c9-4-2-1-3-5-6(4)7(11)13-8(12)10-5/h1-3,6H. The van der Waals surface area contributed by atoms with Crippen LogP contribution in [-0.4, -0.2) is 17.8 Å². The lowest BCUT2D eigenvalue weighted by Crippen LogP contribution is -2.33. The Morgan fingerprint density at radius 2 is 2.23 bits per heavy atom. The first-order chi connectivity index (χ1) is 6.18. The van der Waals surface area contributed by atoms with Gasteiger partial charge in [0.1, 0.15) is 5.92 Å². The third-order valence-electron chi connectivity index (χ3n) is 1.74. The monoisotopic (exact) mass is 289 g/mol. The first kappa shape index (κ1) is 8.61. The summed E-state index contributed by atoms with van der Waals surface area (Å²) < 4.78 is 5.20. The molecule has 4 nitrogen and oxygen atoms in total. The van der Waals surface area contributed by atoms with E-state index in [0.717, 1.165) is 3.58 Å². The Balaban J connectivity index is 2.48. The van der Waals surface area contributed by atoms with Crippen LogP contribution in [0.15, 0.2) is 26.8 Å². The van der Waals surface area contributed by atoms with E-state index in [-0.39, 0.29) is 0 Å². The van der Waals surface area contributed by atoms with Gasteiger partial charge in [0, 0.05) is 3.58 Å². The zero-order valence-electron chi connectivity index (χ0n) is 6.36. The maximum absolute atomic E-state index is 11.2. The number of fused-ring (bicyclic) bond motifs is 1. The van der Waals surface area contributed by atoms with Crippen molar-refractivity contribution in [1.82, 2.24) is 0 Å². The van der Waals surface area contributed by atoms with E-state index in [1.807, 2.05) is 22.6 Å². The van der Waals surface area contributed by atoms with Gasteiger partial charge in [-0.3, -0.25) is 4.79 Å². The van der Waals surface area contributed by atoms with E-state index in [1.165, 1.54) is 0 Å². The molecule has 2 rings (SSSR count). The van der Waals surface area contributed by atoms with E-state index < -0.39 is 18.0 Å². The van der Waals surface area contributed by atoms with Crippen LogP contribution in [-0.2, 0) is 9.53 Å². The molecule has 0 radical (unpaired) electrons. The number of carbonyl (C=O) groups is 2. The molecular formula is C8H4INO3. The molecule has 1 amide bonds. The Hall–Kier alpha value is -0.980.